The first-order valence-corrected chi connectivity index (χ1v) is 8.76. The molecule has 0 radical (unpaired) electrons. The molecule has 4 heteroatoms. The molecule has 3 nitrogen and oxygen atoms in total. The molecule has 1 unspecified atom stereocenters. The van der Waals surface area contributed by atoms with Crippen LogP contribution in [-0.2, 0) is 11.2 Å². The molecule has 3 aromatic rings. The smallest absolute Gasteiger partial charge is 0.244 e. The molecule has 3 rings (SSSR count). The molecular weight excluding hydrogens is 344 g/mol. The first-order valence-electron chi connectivity index (χ1n) is 8.39. The molecule has 26 heavy (non-hydrogen) atoms. The number of amides is 1. The molecule has 1 atom stereocenters. The van der Waals surface area contributed by atoms with E-state index in [-0.39, 0.29) is 11.9 Å². The van der Waals surface area contributed by atoms with E-state index in [4.69, 9.17) is 11.6 Å². The van der Waals surface area contributed by atoms with Gasteiger partial charge in [-0.1, -0.05) is 60.1 Å². The van der Waals surface area contributed by atoms with E-state index >= 15 is 0 Å². The van der Waals surface area contributed by atoms with Gasteiger partial charge in [-0.15, -0.1) is 0 Å². The summed E-state index contributed by atoms with van der Waals surface area (Å²) in [5, 5.41) is 3.79. The number of aromatic nitrogens is 1. The molecule has 0 aliphatic carbocycles. The highest BCUT2D eigenvalue weighted by molar-refractivity contribution is 6.30. The van der Waals surface area contributed by atoms with Crippen molar-refractivity contribution in [3.05, 3.63) is 107 Å². The fraction of sp³-hybridized carbons (Fsp3) is 0.0909. The first-order chi connectivity index (χ1) is 12.7. The Morgan fingerprint density at radius 3 is 2.50 bits per heavy atom. The van der Waals surface area contributed by atoms with Gasteiger partial charge in [-0.25, -0.2) is 0 Å². The van der Waals surface area contributed by atoms with Gasteiger partial charge in [0, 0.05) is 23.5 Å². The normalized spacial score (nSPS) is 12.0. The summed E-state index contributed by atoms with van der Waals surface area (Å²) in [5.74, 6) is -0.142. The van der Waals surface area contributed by atoms with Gasteiger partial charge in [0.15, 0.2) is 0 Å². The van der Waals surface area contributed by atoms with Gasteiger partial charge >= 0.3 is 0 Å². The third kappa shape index (κ3) is 5.30. The molecule has 1 heterocycles. The summed E-state index contributed by atoms with van der Waals surface area (Å²) in [7, 11) is 0. The summed E-state index contributed by atoms with van der Waals surface area (Å²) in [6, 6.07) is 21.3. The number of nitrogens with zero attached hydrogens (tertiary/aromatic N) is 1. The molecule has 1 amide bonds. The summed E-state index contributed by atoms with van der Waals surface area (Å²) in [6.45, 7) is 0. The summed E-state index contributed by atoms with van der Waals surface area (Å²) in [4.78, 5) is 16.4. The van der Waals surface area contributed by atoms with Crippen molar-refractivity contribution >= 4 is 23.6 Å². The number of carbonyl (C=O) groups is 1. The minimum Gasteiger partial charge on any atom is -0.345 e. The predicted molar refractivity (Wildman–Crippen MR) is 106 cm³/mol. The van der Waals surface area contributed by atoms with Crippen molar-refractivity contribution in [2.45, 2.75) is 12.5 Å². The van der Waals surface area contributed by atoms with Crippen molar-refractivity contribution in [3.63, 3.8) is 0 Å². The van der Waals surface area contributed by atoms with Gasteiger partial charge in [0.25, 0.3) is 0 Å². The summed E-state index contributed by atoms with van der Waals surface area (Å²) in [6.07, 6.45) is 7.40. The molecule has 0 fully saturated rings. The second-order valence-corrected chi connectivity index (χ2v) is 6.36. The number of benzene rings is 2. The zero-order valence-corrected chi connectivity index (χ0v) is 14.9. The van der Waals surface area contributed by atoms with E-state index in [1.807, 2.05) is 66.7 Å². The lowest BCUT2D eigenvalue weighted by Crippen LogP contribution is -2.28. The third-order valence-electron chi connectivity index (χ3n) is 3.98. The molecule has 0 saturated heterocycles. The van der Waals surface area contributed by atoms with E-state index in [1.165, 1.54) is 6.08 Å². The van der Waals surface area contributed by atoms with Crippen LogP contribution in [0.3, 0.4) is 0 Å². The Hall–Kier alpha value is -2.91. The average Bonchev–Trinajstić information content (AvgIpc) is 2.69. The second kappa shape index (κ2) is 8.97. The highest BCUT2D eigenvalue weighted by Gasteiger charge is 2.14. The summed E-state index contributed by atoms with van der Waals surface area (Å²) < 4.78 is 0. The standard InChI is InChI=1S/C22H19ClN2O/c23-20-11-8-17(9-12-20)15-21(19-6-2-1-3-7-19)25-22(26)13-10-18-5-4-14-24-16-18/h1-14,16,21H,15H2,(H,25,26)/b13-10+. The fourth-order valence-corrected chi connectivity index (χ4v) is 2.79. The lowest BCUT2D eigenvalue weighted by atomic mass is 9.99. The van der Waals surface area contributed by atoms with Crippen molar-refractivity contribution in [2.24, 2.45) is 0 Å². The molecule has 2 aromatic carbocycles. The molecule has 0 spiro atoms. The van der Waals surface area contributed by atoms with Crippen LogP contribution in [0.2, 0.25) is 5.02 Å². The number of hydrogen-bond acceptors (Lipinski definition) is 2. The Kier molecular flexibility index (Phi) is 6.18. The maximum atomic E-state index is 12.4. The third-order valence-corrected chi connectivity index (χ3v) is 4.24. The van der Waals surface area contributed by atoms with Crippen molar-refractivity contribution in [2.75, 3.05) is 0 Å². The van der Waals surface area contributed by atoms with Crippen LogP contribution in [0.25, 0.3) is 6.08 Å². The van der Waals surface area contributed by atoms with E-state index in [2.05, 4.69) is 10.3 Å². The van der Waals surface area contributed by atoms with Gasteiger partial charge in [0.1, 0.15) is 0 Å². The Balaban J connectivity index is 1.74. The Morgan fingerprint density at radius 1 is 1.04 bits per heavy atom. The van der Waals surface area contributed by atoms with Gasteiger partial charge in [0.05, 0.1) is 6.04 Å². The van der Waals surface area contributed by atoms with Crippen molar-refractivity contribution in [3.8, 4) is 0 Å². The van der Waals surface area contributed by atoms with Crippen LogP contribution < -0.4 is 5.32 Å². The molecule has 0 bridgehead atoms. The molecule has 0 aliphatic heterocycles. The SMILES string of the molecule is O=C(/C=C/c1cccnc1)NC(Cc1ccc(Cl)cc1)c1ccccc1. The average molecular weight is 363 g/mol. The van der Waals surface area contributed by atoms with E-state index in [1.54, 1.807) is 18.5 Å². The van der Waals surface area contributed by atoms with Crippen LogP contribution in [0.4, 0.5) is 0 Å². The van der Waals surface area contributed by atoms with E-state index in [0.717, 1.165) is 16.7 Å². The van der Waals surface area contributed by atoms with Crippen LogP contribution >= 0.6 is 11.6 Å². The zero-order valence-electron chi connectivity index (χ0n) is 14.2. The Labute approximate surface area is 158 Å². The number of pyridine rings is 1. The quantitative estimate of drug-likeness (QED) is 0.637. The van der Waals surface area contributed by atoms with Gasteiger partial charge in [-0.3, -0.25) is 9.78 Å². The molecule has 130 valence electrons. The molecule has 0 saturated carbocycles. The Bertz CT molecular complexity index is 862. The second-order valence-electron chi connectivity index (χ2n) is 5.92. The van der Waals surface area contributed by atoms with Crippen molar-refractivity contribution in [1.82, 2.24) is 10.3 Å². The number of rotatable bonds is 6. The van der Waals surface area contributed by atoms with Crippen LogP contribution in [0, 0.1) is 0 Å². The fourth-order valence-electron chi connectivity index (χ4n) is 2.66. The maximum absolute atomic E-state index is 12.4. The van der Waals surface area contributed by atoms with Crippen molar-refractivity contribution < 1.29 is 4.79 Å². The Morgan fingerprint density at radius 2 is 1.81 bits per heavy atom. The first kappa shape index (κ1) is 17.9. The van der Waals surface area contributed by atoms with Crippen LogP contribution in [0.1, 0.15) is 22.7 Å². The van der Waals surface area contributed by atoms with Crippen molar-refractivity contribution in [1.29, 1.82) is 0 Å². The minimum absolute atomic E-state index is 0.122. The molecule has 1 aromatic heterocycles. The summed E-state index contributed by atoms with van der Waals surface area (Å²) >= 11 is 5.97. The van der Waals surface area contributed by atoms with Crippen LogP contribution in [-0.4, -0.2) is 10.9 Å². The van der Waals surface area contributed by atoms with Gasteiger partial charge in [0.2, 0.25) is 5.91 Å². The maximum Gasteiger partial charge on any atom is 0.244 e. The van der Waals surface area contributed by atoms with Gasteiger partial charge in [-0.2, -0.15) is 0 Å². The monoisotopic (exact) mass is 362 g/mol. The number of carbonyl (C=O) groups excluding carboxylic acids is 1. The number of hydrogen-bond donors (Lipinski definition) is 1. The predicted octanol–water partition coefficient (Wildman–Crippen LogP) is 4.85. The van der Waals surface area contributed by atoms with E-state index in [9.17, 15) is 4.79 Å². The minimum atomic E-state index is -0.142. The zero-order chi connectivity index (χ0) is 18.2. The topological polar surface area (TPSA) is 42.0 Å². The van der Waals surface area contributed by atoms with Crippen LogP contribution in [0.5, 0.6) is 0 Å². The van der Waals surface area contributed by atoms with Gasteiger partial charge in [-0.05, 0) is 47.4 Å². The lowest BCUT2D eigenvalue weighted by Gasteiger charge is -2.19. The molecular formula is C22H19ClN2O. The van der Waals surface area contributed by atoms with Crippen LogP contribution in [0.15, 0.2) is 85.2 Å². The van der Waals surface area contributed by atoms with E-state index in [0.29, 0.717) is 11.4 Å². The largest absolute Gasteiger partial charge is 0.345 e. The number of halogens is 1. The van der Waals surface area contributed by atoms with E-state index < -0.39 is 0 Å². The van der Waals surface area contributed by atoms with Gasteiger partial charge < -0.3 is 5.32 Å². The molecule has 1 N–H and O–H groups in total. The highest BCUT2D eigenvalue weighted by atomic mass is 35.5. The summed E-state index contributed by atoms with van der Waals surface area (Å²) in [5.41, 5.74) is 3.06. The highest BCUT2D eigenvalue weighted by Crippen LogP contribution is 2.20. The lowest BCUT2D eigenvalue weighted by molar-refractivity contribution is -0.117. The molecule has 0 aliphatic rings. The number of nitrogens with one attached hydrogen (secondary N) is 1.